The molecule has 1 aliphatic rings. The van der Waals surface area contributed by atoms with Gasteiger partial charge in [-0.05, 0) is 30.7 Å². The van der Waals surface area contributed by atoms with Gasteiger partial charge in [-0.2, -0.15) is 0 Å². The lowest BCUT2D eigenvalue weighted by Gasteiger charge is -2.04. The van der Waals surface area contributed by atoms with E-state index in [1.54, 1.807) is 54.6 Å². The molecule has 2 aromatic carbocycles. The van der Waals surface area contributed by atoms with Crippen molar-refractivity contribution in [2.45, 2.75) is 16.6 Å². The van der Waals surface area contributed by atoms with E-state index in [1.807, 2.05) is 0 Å². The van der Waals surface area contributed by atoms with E-state index >= 15 is 0 Å². The minimum atomic E-state index is -3.41. The number of ketones is 1. The molecule has 2 aromatic rings. The van der Waals surface area contributed by atoms with E-state index in [-0.39, 0.29) is 5.78 Å². The van der Waals surface area contributed by atoms with Gasteiger partial charge in [0, 0.05) is 16.0 Å². The van der Waals surface area contributed by atoms with Gasteiger partial charge in [0.15, 0.2) is 15.6 Å². The van der Waals surface area contributed by atoms with Gasteiger partial charge in [0.05, 0.1) is 10.1 Å². The van der Waals surface area contributed by atoms with E-state index in [1.165, 1.54) is 0 Å². The summed E-state index contributed by atoms with van der Waals surface area (Å²) in [6, 6.07) is 15.3. The number of benzene rings is 2. The van der Waals surface area contributed by atoms with Gasteiger partial charge in [0.2, 0.25) is 0 Å². The second kappa shape index (κ2) is 5.39. The number of Topliss-reactive ketones (excluding diaryl/α,β-unsaturated/α-hetero) is 1. The number of hydrogen-bond acceptors (Lipinski definition) is 3. The Labute approximate surface area is 132 Å². The third-order valence-corrected chi connectivity index (χ3v) is 6.44. The van der Waals surface area contributed by atoms with Crippen LogP contribution in [0.4, 0.5) is 0 Å². The second-order valence-corrected chi connectivity index (χ2v) is 8.19. The third-order valence-electron chi connectivity index (χ3n) is 3.67. The first-order chi connectivity index (χ1) is 10.00. The molecule has 1 saturated carbocycles. The highest BCUT2D eigenvalue weighted by molar-refractivity contribution is 9.10. The van der Waals surface area contributed by atoms with Crippen LogP contribution in [0.2, 0.25) is 0 Å². The normalized spacial score (nSPS) is 21.0. The van der Waals surface area contributed by atoms with Crippen LogP contribution < -0.4 is 0 Å². The zero-order valence-corrected chi connectivity index (χ0v) is 13.5. The largest absolute Gasteiger partial charge is 0.294 e. The molecule has 5 heteroatoms. The molecule has 0 N–H and O–H groups in total. The van der Waals surface area contributed by atoms with E-state index in [0.29, 0.717) is 16.9 Å². The van der Waals surface area contributed by atoms with Gasteiger partial charge in [-0.3, -0.25) is 4.79 Å². The van der Waals surface area contributed by atoms with Crippen LogP contribution >= 0.6 is 15.9 Å². The molecular formula is C16H13BrO3S. The van der Waals surface area contributed by atoms with Crippen molar-refractivity contribution in [1.82, 2.24) is 0 Å². The standard InChI is InChI=1S/C16H13BrO3S/c17-12-8-6-11(7-9-12)16(18)14-10-15(14)21(19,20)13-4-2-1-3-5-13/h1-9,14-15H,10H2/t14-,15-/m1/s1. The van der Waals surface area contributed by atoms with E-state index < -0.39 is 21.0 Å². The molecule has 0 unspecified atom stereocenters. The molecule has 0 spiro atoms. The van der Waals surface area contributed by atoms with Crippen LogP contribution in [0.15, 0.2) is 64.0 Å². The van der Waals surface area contributed by atoms with Crippen molar-refractivity contribution in [3.8, 4) is 0 Å². The smallest absolute Gasteiger partial charge is 0.181 e. The summed E-state index contributed by atoms with van der Waals surface area (Å²) in [7, 11) is -3.41. The Morgan fingerprint density at radius 2 is 1.62 bits per heavy atom. The summed E-state index contributed by atoms with van der Waals surface area (Å²) < 4.78 is 25.8. The van der Waals surface area contributed by atoms with Gasteiger partial charge >= 0.3 is 0 Å². The van der Waals surface area contributed by atoms with E-state index in [2.05, 4.69) is 15.9 Å². The maximum atomic E-state index is 12.4. The van der Waals surface area contributed by atoms with Crippen LogP contribution in [0, 0.1) is 5.92 Å². The second-order valence-electron chi connectivity index (χ2n) is 5.11. The average Bonchev–Trinajstić information content (AvgIpc) is 3.29. The van der Waals surface area contributed by atoms with Crippen LogP contribution in [-0.2, 0) is 9.84 Å². The monoisotopic (exact) mass is 364 g/mol. The zero-order chi connectivity index (χ0) is 15.0. The molecule has 3 nitrogen and oxygen atoms in total. The molecule has 0 heterocycles. The molecule has 0 bridgehead atoms. The zero-order valence-electron chi connectivity index (χ0n) is 11.1. The quantitative estimate of drug-likeness (QED) is 0.780. The first-order valence-electron chi connectivity index (χ1n) is 6.59. The molecule has 0 amide bonds. The summed E-state index contributed by atoms with van der Waals surface area (Å²) in [5, 5.41) is -0.587. The lowest BCUT2D eigenvalue weighted by molar-refractivity contribution is 0.0968. The minimum Gasteiger partial charge on any atom is -0.294 e. The number of carbonyl (C=O) groups is 1. The van der Waals surface area contributed by atoms with Crippen molar-refractivity contribution in [1.29, 1.82) is 0 Å². The Balaban J connectivity index is 1.80. The number of sulfone groups is 1. The number of rotatable bonds is 4. The Morgan fingerprint density at radius 1 is 1.00 bits per heavy atom. The summed E-state index contributed by atoms with van der Waals surface area (Å²) in [4.78, 5) is 12.6. The van der Waals surface area contributed by atoms with Crippen LogP contribution in [0.5, 0.6) is 0 Å². The lowest BCUT2D eigenvalue weighted by Crippen LogP contribution is -2.13. The van der Waals surface area contributed by atoms with Crippen LogP contribution in [0.25, 0.3) is 0 Å². The van der Waals surface area contributed by atoms with Crippen molar-refractivity contribution in [3.05, 3.63) is 64.6 Å². The van der Waals surface area contributed by atoms with E-state index in [9.17, 15) is 13.2 Å². The van der Waals surface area contributed by atoms with Crippen LogP contribution in [0.1, 0.15) is 16.8 Å². The van der Waals surface area contributed by atoms with Gasteiger partial charge in [-0.15, -0.1) is 0 Å². The molecule has 0 aliphatic heterocycles. The summed E-state index contributed by atoms with van der Waals surface area (Å²) >= 11 is 3.31. The fraction of sp³-hybridized carbons (Fsp3) is 0.188. The summed E-state index contributed by atoms with van der Waals surface area (Å²) in [5.74, 6) is -0.511. The molecule has 2 atom stereocenters. The molecule has 1 aliphatic carbocycles. The van der Waals surface area contributed by atoms with Crippen molar-refractivity contribution in [2.24, 2.45) is 5.92 Å². The van der Waals surface area contributed by atoms with Gasteiger partial charge in [0.25, 0.3) is 0 Å². The first-order valence-corrected chi connectivity index (χ1v) is 8.93. The molecule has 108 valence electrons. The molecular weight excluding hydrogens is 352 g/mol. The predicted octanol–water partition coefficient (Wildman–Crippen LogP) is 3.49. The van der Waals surface area contributed by atoms with Crippen LogP contribution in [0.3, 0.4) is 0 Å². The SMILES string of the molecule is O=C(c1ccc(Br)cc1)[C@@H]1C[C@H]1S(=O)(=O)c1ccccc1. The Bertz CT molecular complexity index is 767. The Hall–Kier alpha value is -1.46. The minimum absolute atomic E-state index is 0.0907. The topological polar surface area (TPSA) is 51.2 Å². The van der Waals surface area contributed by atoms with Crippen molar-refractivity contribution < 1.29 is 13.2 Å². The van der Waals surface area contributed by atoms with Crippen LogP contribution in [-0.4, -0.2) is 19.5 Å². The molecule has 21 heavy (non-hydrogen) atoms. The Morgan fingerprint density at radius 3 is 2.24 bits per heavy atom. The lowest BCUT2D eigenvalue weighted by atomic mass is 10.1. The Kier molecular flexibility index (Phi) is 3.71. The van der Waals surface area contributed by atoms with Gasteiger partial charge in [0.1, 0.15) is 0 Å². The average molecular weight is 365 g/mol. The van der Waals surface area contributed by atoms with Gasteiger partial charge < -0.3 is 0 Å². The fourth-order valence-electron chi connectivity index (χ4n) is 2.40. The maximum Gasteiger partial charge on any atom is 0.181 e. The summed E-state index contributed by atoms with van der Waals surface area (Å²) in [6.45, 7) is 0. The van der Waals surface area contributed by atoms with Gasteiger partial charge in [-0.1, -0.05) is 46.3 Å². The highest BCUT2D eigenvalue weighted by Crippen LogP contribution is 2.42. The third kappa shape index (κ3) is 2.80. The summed E-state index contributed by atoms with van der Waals surface area (Å²) in [6.07, 6.45) is 0.409. The highest BCUT2D eigenvalue weighted by Gasteiger charge is 2.51. The number of carbonyl (C=O) groups excluding carboxylic acids is 1. The highest BCUT2D eigenvalue weighted by atomic mass is 79.9. The van der Waals surface area contributed by atoms with Crippen molar-refractivity contribution >= 4 is 31.6 Å². The molecule has 1 fully saturated rings. The van der Waals surface area contributed by atoms with E-state index in [0.717, 1.165) is 4.47 Å². The number of hydrogen-bond donors (Lipinski definition) is 0. The summed E-state index contributed by atoms with van der Waals surface area (Å²) in [5.41, 5.74) is 0.564. The van der Waals surface area contributed by atoms with E-state index in [4.69, 9.17) is 0 Å². The molecule has 0 radical (unpaired) electrons. The molecule has 0 saturated heterocycles. The maximum absolute atomic E-state index is 12.4. The first kappa shape index (κ1) is 14.5. The predicted molar refractivity (Wildman–Crippen MR) is 84.0 cm³/mol. The molecule has 0 aromatic heterocycles. The van der Waals surface area contributed by atoms with Crippen molar-refractivity contribution in [3.63, 3.8) is 0 Å². The van der Waals surface area contributed by atoms with Crippen molar-refractivity contribution in [2.75, 3.05) is 0 Å². The number of halogens is 1. The molecule has 3 rings (SSSR count). The fourth-order valence-corrected chi connectivity index (χ4v) is 4.57. The van der Waals surface area contributed by atoms with Gasteiger partial charge in [-0.25, -0.2) is 8.42 Å².